The number of halogens is 1. The molecule has 0 unspecified atom stereocenters. The minimum absolute atomic E-state index is 0.412. The number of likely N-dealkylation sites (tertiary alicyclic amines) is 1. The number of anilines is 1. The Morgan fingerprint density at radius 3 is 2.84 bits per heavy atom. The summed E-state index contributed by atoms with van der Waals surface area (Å²) in [6, 6.07) is 13.0. The smallest absolute Gasteiger partial charge is 0.172 e. The van der Waals surface area contributed by atoms with Gasteiger partial charge in [-0.15, -0.1) is 0 Å². The monoisotopic (exact) mass is 493 g/mol. The van der Waals surface area contributed by atoms with Crippen LogP contribution in [0.3, 0.4) is 0 Å². The second-order valence-electron chi connectivity index (χ2n) is 7.87. The van der Waals surface area contributed by atoms with Crippen molar-refractivity contribution in [3.63, 3.8) is 0 Å². The largest absolute Gasteiger partial charge is 0.367 e. The average molecular weight is 494 g/mol. The van der Waals surface area contributed by atoms with Crippen LogP contribution >= 0.6 is 27.3 Å². The molecule has 0 bridgehead atoms. The predicted octanol–water partition coefficient (Wildman–Crippen LogP) is 5.94. The summed E-state index contributed by atoms with van der Waals surface area (Å²) in [4.78, 5) is 7.42. The summed E-state index contributed by atoms with van der Waals surface area (Å²) in [5.74, 6) is 0.973. The van der Waals surface area contributed by atoms with Crippen molar-refractivity contribution in [2.24, 2.45) is 0 Å². The molecule has 4 aromatic rings. The molecule has 1 aliphatic heterocycles. The number of nitrogens with one attached hydrogen (secondary N) is 1. The Kier molecular flexibility index (Phi) is 5.89. The van der Waals surface area contributed by atoms with E-state index in [1.807, 2.05) is 22.7 Å². The van der Waals surface area contributed by atoms with Crippen molar-refractivity contribution in [1.82, 2.24) is 19.5 Å². The van der Waals surface area contributed by atoms with Crippen LogP contribution < -0.4 is 5.32 Å². The van der Waals surface area contributed by atoms with Crippen molar-refractivity contribution in [2.45, 2.75) is 25.4 Å². The average Bonchev–Trinajstić information content (AvgIpc) is 3.45. The van der Waals surface area contributed by atoms with Crippen LogP contribution in [0.25, 0.3) is 23.0 Å². The van der Waals surface area contributed by atoms with Crippen LogP contribution in [0.15, 0.2) is 64.4 Å². The van der Waals surface area contributed by atoms with E-state index < -0.39 is 0 Å². The maximum Gasteiger partial charge on any atom is 0.172 e. The van der Waals surface area contributed by atoms with Crippen molar-refractivity contribution in [1.29, 1.82) is 0 Å². The lowest BCUT2D eigenvalue weighted by atomic mass is 10.0. The normalized spacial score (nSPS) is 15.4. The van der Waals surface area contributed by atoms with Crippen molar-refractivity contribution in [2.75, 3.05) is 18.4 Å². The van der Waals surface area contributed by atoms with Gasteiger partial charge in [0.1, 0.15) is 5.82 Å². The second kappa shape index (κ2) is 8.94. The molecule has 0 atom stereocenters. The first-order chi connectivity index (χ1) is 15.2. The molecule has 0 radical (unpaired) electrons. The zero-order valence-corrected chi connectivity index (χ0v) is 19.6. The number of hydrogen-bond acceptors (Lipinski definition) is 5. The number of thiophene rings is 1. The van der Waals surface area contributed by atoms with E-state index in [0.29, 0.717) is 6.04 Å². The molecule has 1 saturated heterocycles. The highest BCUT2D eigenvalue weighted by molar-refractivity contribution is 9.10. The van der Waals surface area contributed by atoms with Gasteiger partial charge in [0, 0.05) is 37.3 Å². The van der Waals surface area contributed by atoms with Gasteiger partial charge >= 0.3 is 0 Å². The van der Waals surface area contributed by atoms with Crippen LogP contribution in [0.1, 0.15) is 24.0 Å². The third-order valence-corrected chi connectivity index (χ3v) is 7.10. The maximum atomic E-state index is 4.88. The summed E-state index contributed by atoms with van der Waals surface area (Å²) in [5, 5.41) is 12.7. The molecular formula is C24H24BrN5S. The highest BCUT2D eigenvalue weighted by Gasteiger charge is 2.21. The molecule has 0 aliphatic carbocycles. The van der Waals surface area contributed by atoms with Crippen molar-refractivity contribution >= 4 is 44.8 Å². The first-order valence-corrected chi connectivity index (χ1v) is 12.2. The van der Waals surface area contributed by atoms with E-state index in [4.69, 9.17) is 4.98 Å². The highest BCUT2D eigenvalue weighted by Crippen LogP contribution is 2.29. The third-order valence-electron chi connectivity index (χ3n) is 5.81. The third kappa shape index (κ3) is 4.31. The van der Waals surface area contributed by atoms with E-state index >= 15 is 0 Å². The summed E-state index contributed by atoms with van der Waals surface area (Å²) in [6.07, 6.45) is 5.90. The molecule has 0 amide bonds. The van der Waals surface area contributed by atoms with Gasteiger partial charge in [0.25, 0.3) is 0 Å². The molecule has 0 spiro atoms. The van der Waals surface area contributed by atoms with Gasteiger partial charge in [-0.05, 0) is 56.7 Å². The molecule has 31 heavy (non-hydrogen) atoms. The first-order valence-electron chi connectivity index (χ1n) is 10.5. The van der Waals surface area contributed by atoms with E-state index in [-0.39, 0.29) is 0 Å². The zero-order chi connectivity index (χ0) is 21.2. The topological polar surface area (TPSA) is 45.5 Å². The second-order valence-corrected chi connectivity index (χ2v) is 9.51. The Hall–Kier alpha value is -2.48. The van der Waals surface area contributed by atoms with E-state index in [9.17, 15) is 0 Å². The fourth-order valence-corrected chi connectivity index (χ4v) is 5.18. The van der Waals surface area contributed by atoms with Crippen LogP contribution in [0.4, 0.5) is 5.82 Å². The molecule has 5 nitrogen and oxygen atoms in total. The predicted molar refractivity (Wildman–Crippen MR) is 132 cm³/mol. The number of nitrogens with zero attached hydrogens (tertiary/aromatic N) is 4. The fourth-order valence-electron chi connectivity index (χ4n) is 4.17. The number of fused-ring (bicyclic) bond motifs is 1. The minimum atomic E-state index is 0.412. The van der Waals surface area contributed by atoms with Crippen LogP contribution in [-0.2, 0) is 6.54 Å². The molecule has 158 valence electrons. The van der Waals surface area contributed by atoms with E-state index in [1.54, 1.807) is 17.5 Å². The van der Waals surface area contributed by atoms with Gasteiger partial charge in [0.2, 0.25) is 0 Å². The van der Waals surface area contributed by atoms with Crippen molar-refractivity contribution in [3.05, 3.63) is 75.5 Å². The molecule has 1 aliphatic rings. The number of hydrogen-bond donors (Lipinski definition) is 1. The Morgan fingerprint density at radius 2 is 2.06 bits per heavy atom. The summed E-state index contributed by atoms with van der Waals surface area (Å²) < 4.78 is 2.78. The lowest BCUT2D eigenvalue weighted by Gasteiger charge is -2.32. The Labute approximate surface area is 194 Å². The van der Waals surface area contributed by atoms with Crippen molar-refractivity contribution < 1.29 is 0 Å². The van der Waals surface area contributed by atoms with Crippen LogP contribution in [0, 0.1) is 0 Å². The van der Waals surface area contributed by atoms with E-state index in [2.05, 4.69) is 72.8 Å². The van der Waals surface area contributed by atoms with E-state index in [0.717, 1.165) is 65.2 Å². The van der Waals surface area contributed by atoms with Gasteiger partial charge < -0.3 is 5.32 Å². The lowest BCUT2D eigenvalue weighted by molar-refractivity contribution is 0.211. The van der Waals surface area contributed by atoms with Gasteiger partial charge in [0.15, 0.2) is 5.65 Å². The molecule has 1 N–H and O–H groups in total. The summed E-state index contributed by atoms with van der Waals surface area (Å²) in [6.45, 7) is 7.20. The van der Waals surface area contributed by atoms with E-state index in [1.165, 1.54) is 5.56 Å². The van der Waals surface area contributed by atoms with Crippen LogP contribution in [0.2, 0.25) is 0 Å². The highest BCUT2D eigenvalue weighted by atomic mass is 79.9. The molecule has 3 aromatic heterocycles. The Bertz CT molecular complexity index is 1190. The van der Waals surface area contributed by atoms with Gasteiger partial charge in [-0.25, -0.2) is 4.98 Å². The molecule has 1 aromatic carbocycles. The quantitative estimate of drug-likeness (QED) is 0.361. The van der Waals surface area contributed by atoms with Gasteiger partial charge in [0.05, 0.1) is 16.4 Å². The maximum absolute atomic E-state index is 4.88. The summed E-state index contributed by atoms with van der Waals surface area (Å²) in [7, 11) is 0. The molecule has 0 saturated carbocycles. The minimum Gasteiger partial charge on any atom is -0.367 e. The molecule has 4 heterocycles. The number of benzene rings is 1. The molecule has 5 rings (SSSR count). The van der Waals surface area contributed by atoms with Gasteiger partial charge in [-0.3, -0.25) is 4.90 Å². The van der Waals surface area contributed by atoms with Crippen LogP contribution in [-0.4, -0.2) is 38.6 Å². The standard InChI is InChI=1S/C24H24BrN5S/c1-2-18-5-3-4-6-20(18)22-13-23(30-24(28-22)21(25)14-26-30)27-19-7-10-29(11-8-19)15-17-9-12-31-16-17/h2-6,9,12-14,16,19,27H,1,7-8,10-11,15H2. The summed E-state index contributed by atoms with van der Waals surface area (Å²) in [5.41, 5.74) is 5.29. The first kappa shape index (κ1) is 20.4. The van der Waals surface area contributed by atoms with Gasteiger partial charge in [-0.2, -0.15) is 21.0 Å². The SMILES string of the molecule is C=Cc1ccccc1-c1cc(NC2CCN(Cc3ccsc3)CC2)n2ncc(Br)c2n1. The zero-order valence-electron chi connectivity index (χ0n) is 17.2. The van der Waals surface area contributed by atoms with Crippen LogP contribution in [0.5, 0.6) is 0 Å². The Balaban J connectivity index is 1.39. The lowest BCUT2D eigenvalue weighted by Crippen LogP contribution is -2.38. The molecular weight excluding hydrogens is 470 g/mol. The molecule has 1 fully saturated rings. The van der Waals surface area contributed by atoms with Gasteiger partial charge in [-0.1, -0.05) is 36.9 Å². The van der Waals surface area contributed by atoms with Crippen molar-refractivity contribution in [3.8, 4) is 11.3 Å². The number of piperidine rings is 1. The molecule has 7 heteroatoms. The Morgan fingerprint density at radius 1 is 1.23 bits per heavy atom. The summed E-state index contributed by atoms with van der Waals surface area (Å²) >= 11 is 5.38. The fraction of sp³-hybridized carbons (Fsp3) is 0.250. The number of aromatic nitrogens is 3. The number of rotatable bonds is 6.